The van der Waals surface area contributed by atoms with Crippen LogP contribution in [0.1, 0.15) is 11.1 Å². The number of carbonyl (C=O) groups excluding carboxylic acids is 2. The molecule has 1 N–H and O–H groups in total. The lowest BCUT2D eigenvalue weighted by Gasteiger charge is -2.16. The Bertz CT molecular complexity index is 918. The maximum absolute atomic E-state index is 12.7. The van der Waals surface area contributed by atoms with E-state index in [9.17, 15) is 9.59 Å². The number of halogens is 3. The van der Waals surface area contributed by atoms with E-state index in [1.165, 1.54) is 18.2 Å². The average molecular weight is 396 g/mol. The molecule has 4 nitrogen and oxygen atoms in total. The van der Waals surface area contributed by atoms with Gasteiger partial charge in [0.15, 0.2) is 0 Å². The first kappa shape index (κ1) is 17.8. The first-order valence-electron chi connectivity index (χ1n) is 7.37. The number of amides is 2. The molecule has 0 saturated heterocycles. The molecule has 25 heavy (non-hydrogen) atoms. The highest BCUT2D eigenvalue weighted by atomic mass is 35.5. The van der Waals surface area contributed by atoms with Crippen LogP contribution in [0.25, 0.3) is 0 Å². The predicted molar refractivity (Wildman–Crippen MR) is 101 cm³/mol. The fraction of sp³-hybridized carbons (Fsp3) is 0.111. The molecule has 0 fully saturated rings. The number of imide groups is 1. The number of anilines is 2. The highest BCUT2D eigenvalue weighted by Gasteiger charge is 2.39. The van der Waals surface area contributed by atoms with Crippen LogP contribution in [0.4, 0.5) is 11.4 Å². The summed E-state index contributed by atoms with van der Waals surface area (Å²) in [5.41, 5.74) is 3.01. The van der Waals surface area contributed by atoms with Gasteiger partial charge in [0, 0.05) is 15.7 Å². The molecule has 7 heteroatoms. The van der Waals surface area contributed by atoms with Crippen LogP contribution in [0.3, 0.4) is 0 Å². The van der Waals surface area contributed by atoms with Crippen LogP contribution >= 0.6 is 34.8 Å². The van der Waals surface area contributed by atoms with Gasteiger partial charge in [-0.1, -0.05) is 52.5 Å². The average Bonchev–Trinajstić information content (AvgIpc) is 2.72. The first-order valence-corrected chi connectivity index (χ1v) is 8.50. The summed E-state index contributed by atoms with van der Waals surface area (Å²) in [6.45, 7) is 3.87. The van der Waals surface area contributed by atoms with Gasteiger partial charge in [0.05, 0.1) is 5.69 Å². The molecule has 1 heterocycles. The highest BCUT2D eigenvalue weighted by Crippen LogP contribution is 2.33. The van der Waals surface area contributed by atoms with Crippen molar-refractivity contribution < 1.29 is 9.59 Å². The van der Waals surface area contributed by atoms with E-state index in [1.54, 1.807) is 0 Å². The Balaban J connectivity index is 1.96. The van der Waals surface area contributed by atoms with Crippen molar-refractivity contribution >= 4 is 58.0 Å². The monoisotopic (exact) mass is 394 g/mol. The van der Waals surface area contributed by atoms with E-state index in [-0.39, 0.29) is 16.4 Å². The standard InChI is InChI=1S/C18H13Cl3N2O2/c1-9-3-4-14(10(2)5-9)22-16-15(21)17(24)23(18(16)25)13-7-11(19)6-12(20)8-13/h3-8,22H,1-2H3. The van der Waals surface area contributed by atoms with E-state index in [0.717, 1.165) is 16.0 Å². The van der Waals surface area contributed by atoms with Crippen molar-refractivity contribution in [3.8, 4) is 0 Å². The number of aryl methyl sites for hydroxylation is 2. The highest BCUT2D eigenvalue weighted by molar-refractivity contribution is 6.53. The van der Waals surface area contributed by atoms with Gasteiger partial charge in [0.2, 0.25) is 0 Å². The molecular weight excluding hydrogens is 383 g/mol. The number of benzene rings is 2. The summed E-state index contributed by atoms with van der Waals surface area (Å²) in [6.07, 6.45) is 0. The summed E-state index contributed by atoms with van der Waals surface area (Å²) in [5.74, 6) is -1.19. The van der Waals surface area contributed by atoms with Crippen molar-refractivity contribution in [2.45, 2.75) is 13.8 Å². The van der Waals surface area contributed by atoms with Gasteiger partial charge in [-0.2, -0.15) is 0 Å². The molecule has 0 unspecified atom stereocenters. The fourth-order valence-electron chi connectivity index (χ4n) is 2.60. The molecule has 0 spiro atoms. The van der Waals surface area contributed by atoms with Gasteiger partial charge in [-0.3, -0.25) is 9.59 Å². The number of rotatable bonds is 3. The van der Waals surface area contributed by atoms with Crippen LogP contribution in [0.5, 0.6) is 0 Å². The third-order valence-electron chi connectivity index (χ3n) is 3.77. The Morgan fingerprint density at radius 1 is 0.880 bits per heavy atom. The molecule has 2 aromatic carbocycles. The number of nitrogens with zero attached hydrogens (tertiary/aromatic N) is 1. The zero-order chi connectivity index (χ0) is 18.3. The van der Waals surface area contributed by atoms with Crippen LogP contribution < -0.4 is 10.2 Å². The Morgan fingerprint density at radius 2 is 1.52 bits per heavy atom. The van der Waals surface area contributed by atoms with Gasteiger partial charge in [0.1, 0.15) is 10.7 Å². The maximum Gasteiger partial charge on any atom is 0.283 e. The van der Waals surface area contributed by atoms with Gasteiger partial charge >= 0.3 is 0 Å². The Labute approximate surface area is 160 Å². The maximum atomic E-state index is 12.7. The minimum atomic E-state index is -0.628. The number of hydrogen-bond acceptors (Lipinski definition) is 3. The Morgan fingerprint density at radius 3 is 2.12 bits per heavy atom. The summed E-state index contributed by atoms with van der Waals surface area (Å²) in [7, 11) is 0. The van der Waals surface area contributed by atoms with Crippen LogP contribution in [0.15, 0.2) is 47.1 Å². The second-order valence-electron chi connectivity index (χ2n) is 5.71. The van der Waals surface area contributed by atoms with Crippen LogP contribution in [-0.4, -0.2) is 11.8 Å². The summed E-state index contributed by atoms with van der Waals surface area (Å²) < 4.78 is 0. The van der Waals surface area contributed by atoms with E-state index >= 15 is 0 Å². The van der Waals surface area contributed by atoms with Crippen molar-refractivity contribution in [3.63, 3.8) is 0 Å². The van der Waals surface area contributed by atoms with Crippen LogP contribution in [0, 0.1) is 13.8 Å². The quantitative estimate of drug-likeness (QED) is 0.740. The molecule has 0 aromatic heterocycles. The van der Waals surface area contributed by atoms with Gasteiger partial charge in [-0.15, -0.1) is 0 Å². The molecule has 0 atom stereocenters. The second kappa shape index (κ2) is 6.71. The molecule has 2 aromatic rings. The largest absolute Gasteiger partial charge is 0.349 e. The topological polar surface area (TPSA) is 49.4 Å². The summed E-state index contributed by atoms with van der Waals surface area (Å²) in [6, 6.07) is 10.2. The lowest BCUT2D eigenvalue weighted by atomic mass is 10.1. The van der Waals surface area contributed by atoms with Crippen molar-refractivity contribution in [2.24, 2.45) is 0 Å². The molecule has 1 aliphatic rings. The predicted octanol–water partition coefficient (Wildman–Crippen LogP) is 5.05. The normalized spacial score (nSPS) is 14.5. The van der Waals surface area contributed by atoms with Gasteiger partial charge in [-0.25, -0.2) is 4.90 Å². The second-order valence-corrected chi connectivity index (χ2v) is 6.96. The summed E-state index contributed by atoms with van der Waals surface area (Å²) >= 11 is 18.1. The summed E-state index contributed by atoms with van der Waals surface area (Å²) in [4.78, 5) is 26.2. The van der Waals surface area contributed by atoms with E-state index in [0.29, 0.717) is 15.7 Å². The number of nitrogens with one attached hydrogen (secondary N) is 1. The Hall–Kier alpha value is -2.01. The smallest absolute Gasteiger partial charge is 0.283 e. The van der Waals surface area contributed by atoms with Gasteiger partial charge < -0.3 is 5.32 Å². The number of carbonyl (C=O) groups is 2. The molecular formula is C18H13Cl3N2O2. The first-order chi connectivity index (χ1) is 11.8. The minimum Gasteiger partial charge on any atom is -0.349 e. The number of hydrogen-bond donors (Lipinski definition) is 1. The van der Waals surface area contributed by atoms with Crippen molar-refractivity contribution in [1.82, 2.24) is 0 Å². The van der Waals surface area contributed by atoms with Crippen LogP contribution in [0.2, 0.25) is 10.0 Å². The molecule has 3 rings (SSSR count). The third kappa shape index (κ3) is 3.38. The lowest BCUT2D eigenvalue weighted by molar-refractivity contribution is -0.120. The van der Waals surface area contributed by atoms with Gasteiger partial charge in [0.25, 0.3) is 11.8 Å². The van der Waals surface area contributed by atoms with Crippen molar-refractivity contribution in [2.75, 3.05) is 10.2 Å². The molecule has 0 saturated carbocycles. The zero-order valence-corrected chi connectivity index (χ0v) is 15.6. The van der Waals surface area contributed by atoms with E-state index in [1.807, 2.05) is 32.0 Å². The lowest BCUT2D eigenvalue weighted by Crippen LogP contribution is -2.32. The third-order valence-corrected chi connectivity index (χ3v) is 4.56. The van der Waals surface area contributed by atoms with Crippen molar-refractivity contribution in [3.05, 3.63) is 68.3 Å². The van der Waals surface area contributed by atoms with Gasteiger partial charge in [-0.05, 0) is 43.7 Å². The van der Waals surface area contributed by atoms with E-state index in [2.05, 4.69) is 5.32 Å². The SMILES string of the molecule is Cc1ccc(NC2=C(Cl)C(=O)N(c3cc(Cl)cc(Cl)c3)C2=O)c(C)c1. The molecule has 0 aliphatic carbocycles. The fourth-order valence-corrected chi connectivity index (χ4v) is 3.33. The Kier molecular flexibility index (Phi) is 4.78. The van der Waals surface area contributed by atoms with Crippen molar-refractivity contribution in [1.29, 1.82) is 0 Å². The van der Waals surface area contributed by atoms with E-state index in [4.69, 9.17) is 34.8 Å². The molecule has 0 bridgehead atoms. The summed E-state index contributed by atoms with van der Waals surface area (Å²) in [5, 5.41) is 3.42. The molecule has 2 amide bonds. The zero-order valence-electron chi connectivity index (χ0n) is 13.4. The molecule has 128 valence electrons. The minimum absolute atomic E-state index is 0.0229. The molecule has 0 radical (unpaired) electrons. The van der Waals surface area contributed by atoms with E-state index < -0.39 is 11.8 Å². The van der Waals surface area contributed by atoms with Crippen LogP contribution in [-0.2, 0) is 9.59 Å². The molecule has 1 aliphatic heterocycles.